The lowest BCUT2D eigenvalue weighted by atomic mass is 10.1. The summed E-state index contributed by atoms with van der Waals surface area (Å²) in [5, 5.41) is 0.656. The monoisotopic (exact) mass is 283 g/mol. The highest BCUT2D eigenvalue weighted by Crippen LogP contribution is 2.22. The van der Waals surface area contributed by atoms with Gasteiger partial charge in [-0.2, -0.15) is 0 Å². The van der Waals surface area contributed by atoms with Gasteiger partial charge in [0.25, 0.3) is 5.56 Å². The van der Waals surface area contributed by atoms with Gasteiger partial charge in [-0.3, -0.25) is 9.36 Å². The Morgan fingerprint density at radius 1 is 1.00 bits per heavy atom. The summed E-state index contributed by atoms with van der Waals surface area (Å²) in [4.78, 5) is 19.8. The summed E-state index contributed by atoms with van der Waals surface area (Å²) in [6, 6.07) is 10.8. The van der Waals surface area contributed by atoms with Gasteiger partial charge in [0.1, 0.15) is 6.33 Å². The molecule has 3 aromatic rings. The molecule has 20 heavy (non-hydrogen) atoms. The first-order chi connectivity index (χ1) is 9.74. The Balaban J connectivity index is 2.14. The number of nitrogens with zero attached hydrogens (tertiary/aromatic N) is 3. The molecule has 0 unspecified atom stereocenters. The average molecular weight is 284 g/mol. The van der Waals surface area contributed by atoms with Crippen molar-refractivity contribution in [2.24, 2.45) is 0 Å². The fourth-order valence-corrected chi connectivity index (χ4v) is 2.13. The molecule has 4 nitrogen and oxygen atoms in total. The van der Waals surface area contributed by atoms with Crippen LogP contribution < -0.4 is 5.56 Å². The maximum absolute atomic E-state index is 12.0. The molecule has 0 aliphatic heterocycles. The Kier molecular flexibility index (Phi) is 3.31. The van der Waals surface area contributed by atoms with Crippen molar-refractivity contribution in [3.8, 4) is 16.8 Å². The number of benzene rings is 1. The van der Waals surface area contributed by atoms with Crippen LogP contribution in [0.15, 0.2) is 66.1 Å². The van der Waals surface area contributed by atoms with Crippen LogP contribution in [0, 0.1) is 0 Å². The van der Waals surface area contributed by atoms with Crippen LogP contribution in [0.4, 0.5) is 0 Å². The molecule has 0 aliphatic rings. The van der Waals surface area contributed by atoms with E-state index in [9.17, 15) is 4.79 Å². The molecule has 98 valence electrons. The van der Waals surface area contributed by atoms with E-state index in [2.05, 4.69) is 9.97 Å². The molecule has 0 aliphatic carbocycles. The molecule has 0 fully saturated rings. The van der Waals surface area contributed by atoms with E-state index in [0.717, 1.165) is 11.1 Å². The minimum Gasteiger partial charge on any atom is -0.281 e. The van der Waals surface area contributed by atoms with Crippen LogP contribution in [0.2, 0.25) is 5.02 Å². The molecule has 0 N–H and O–H groups in total. The predicted molar refractivity (Wildman–Crippen MR) is 78.1 cm³/mol. The zero-order valence-corrected chi connectivity index (χ0v) is 11.2. The van der Waals surface area contributed by atoms with Gasteiger partial charge in [0.2, 0.25) is 0 Å². The van der Waals surface area contributed by atoms with Gasteiger partial charge in [-0.15, -0.1) is 0 Å². The lowest BCUT2D eigenvalue weighted by Crippen LogP contribution is -2.16. The predicted octanol–water partition coefficient (Wildman–Crippen LogP) is 2.95. The summed E-state index contributed by atoms with van der Waals surface area (Å²) in [5.74, 6) is 0. The maximum atomic E-state index is 12.0. The Hall–Kier alpha value is -2.46. The Morgan fingerprint density at radius 3 is 2.55 bits per heavy atom. The number of hydrogen-bond donors (Lipinski definition) is 0. The van der Waals surface area contributed by atoms with Gasteiger partial charge in [-0.25, -0.2) is 9.97 Å². The van der Waals surface area contributed by atoms with Gasteiger partial charge in [-0.1, -0.05) is 23.7 Å². The second-order valence-electron chi connectivity index (χ2n) is 4.23. The lowest BCUT2D eigenvalue weighted by Gasteiger charge is -2.08. The van der Waals surface area contributed by atoms with E-state index >= 15 is 0 Å². The fourth-order valence-electron chi connectivity index (χ4n) is 1.94. The molecule has 0 amide bonds. The van der Waals surface area contributed by atoms with Crippen molar-refractivity contribution < 1.29 is 0 Å². The first-order valence-corrected chi connectivity index (χ1v) is 6.36. The van der Waals surface area contributed by atoms with E-state index in [4.69, 9.17) is 11.6 Å². The Morgan fingerprint density at radius 2 is 1.80 bits per heavy atom. The third-order valence-electron chi connectivity index (χ3n) is 2.89. The van der Waals surface area contributed by atoms with E-state index in [1.165, 1.54) is 17.0 Å². The first-order valence-electron chi connectivity index (χ1n) is 5.98. The van der Waals surface area contributed by atoms with Crippen LogP contribution in [0.3, 0.4) is 0 Å². The molecule has 0 saturated heterocycles. The van der Waals surface area contributed by atoms with E-state index < -0.39 is 0 Å². The minimum absolute atomic E-state index is 0.134. The number of halogens is 1. The summed E-state index contributed by atoms with van der Waals surface area (Å²) >= 11 is 5.99. The van der Waals surface area contributed by atoms with Crippen LogP contribution in [-0.4, -0.2) is 14.5 Å². The summed E-state index contributed by atoms with van der Waals surface area (Å²) in [5.41, 5.74) is 2.34. The quantitative estimate of drug-likeness (QED) is 0.726. The zero-order valence-electron chi connectivity index (χ0n) is 10.4. The second-order valence-corrected chi connectivity index (χ2v) is 4.67. The molecule has 2 aromatic heterocycles. The van der Waals surface area contributed by atoms with Crippen molar-refractivity contribution in [2.45, 2.75) is 0 Å². The zero-order chi connectivity index (χ0) is 13.9. The van der Waals surface area contributed by atoms with Crippen molar-refractivity contribution in [1.82, 2.24) is 14.5 Å². The third-order valence-corrected chi connectivity index (χ3v) is 3.13. The van der Waals surface area contributed by atoms with E-state index in [1.54, 1.807) is 24.7 Å². The van der Waals surface area contributed by atoms with Crippen LogP contribution >= 0.6 is 11.6 Å². The topological polar surface area (TPSA) is 47.8 Å². The van der Waals surface area contributed by atoms with Crippen LogP contribution in [0.1, 0.15) is 0 Å². The highest BCUT2D eigenvalue weighted by molar-refractivity contribution is 6.30. The molecule has 0 radical (unpaired) electrons. The van der Waals surface area contributed by atoms with Gasteiger partial charge < -0.3 is 0 Å². The Bertz CT molecular complexity index is 799. The van der Waals surface area contributed by atoms with Crippen LogP contribution in [0.25, 0.3) is 16.8 Å². The molecule has 0 saturated carbocycles. The van der Waals surface area contributed by atoms with Crippen molar-refractivity contribution in [1.29, 1.82) is 0 Å². The molecule has 1 aromatic carbocycles. The summed E-state index contributed by atoms with van der Waals surface area (Å²) in [7, 11) is 0. The molecule has 2 heterocycles. The van der Waals surface area contributed by atoms with E-state index in [-0.39, 0.29) is 5.56 Å². The van der Waals surface area contributed by atoms with E-state index in [1.807, 2.05) is 24.3 Å². The molecular weight excluding hydrogens is 274 g/mol. The van der Waals surface area contributed by atoms with Crippen molar-refractivity contribution in [2.75, 3.05) is 0 Å². The fraction of sp³-hybridized carbons (Fsp3) is 0. The Labute approximate surface area is 120 Å². The minimum atomic E-state index is -0.134. The van der Waals surface area contributed by atoms with Crippen molar-refractivity contribution in [3.05, 3.63) is 76.7 Å². The largest absolute Gasteiger partial charge is 0.281 e. The number of rotatable bonds is 2. The van der Waals surface area contributed by atoms with Crippen LogP contribution in [-0.2, 0) is 0 Å². The van der Waals surface area contributed by atoms with Gasteiger partial charge in [0.05, 0.1) is 18.1 Å². The third kappa shape index (κ3) is 2.46. The van der Waals surface area contributed by atoms with Gasteiger partial charge >= 0.3 is 0 Å². The summed E-state index contributed by atoms with van der Waals surface area (Å²) < 4.78 is 1.51. The molecule has 0 atom stereocenters. The molecule has 3 rings (SSSR count). The first kappa shape index (κ1) is 12.6. The average Bonchev–Trinajstić information content (AvgIpc) is 2.48. The van der Waals surface area contributed by atoms with Crippen LogP contribution in [0.5, 0.6) is 0 Å². The standard InChI is InChI=1S/C15H10ClN3O/c16-13-3-1-2-11(6-13)12-4-5-15(20)19(9-12)14-7-17-10-18-8-14/h1-10H. The molecule has 5 heteroatoms. The second kappa shape index (κ2) is 5.27. The SMILES string of the molecule is O=c1ccc(-c2cccc(Cl)c2)cn1-c1cncnc1. The number of hydrogen-bond acceptors (Lipinski definition) is 3. The summed E-state index contributed by atoms with van der Waals surface area (Å²) in [6.07, 6.45) is 6.37. The van der Waals surface area contributed by atoms with Gasteiger partial charge in [-0.05, 0) is 29.3 Å². The molecule has 0 bridgehead atoms. The van der Waals surface area contributed by atoms with Crippen molar-refractivity contribution >= 4 is 11.6 Å². The molecular formula is C15H10ClN3O. The number of aromatic nitrogens is 3. The van der Waals surface area contributed by atoms with E-state index in [0.29, 0.717) is 10.7 Å². The van der Waals surface area contributed by atoms with Crippen molar-refractivity contribution in [3.63, 3.8) is 0 Å². The van der Waals surface area contributed by atoms with Gasteiger partial charge in [0.15, 0.2) is 0 Å². The highest BCUT2D eigenvalue weighted by Gasteiger charge is 2.04. The number of pyridine rings is 1. The summed E-state index contributed by atoms with van der Waals surface area (Å²) in [6.45, 7) is 0. The normalized spacial score (nSPS) is 10.4. The highest BCUT2D eigenvalue weighted by atomic mass is 35.5. The van der Waals surface area contributed by atoms with Gasteiger partial charge in [0, 0.05) is 17.3 Å². The smallest absolute Gasteiger partial charge is 0.255 e. The molecule has 0 spiro atoms. The lowest BCUT2D eigenvalue weighted by molar-refractivity contribution is 0.959. The maximum Gasteiger partial charge on any atom is 0.255 e.